The van der Waals surface area contributed by atoms with Gasteiger partial charge in [-0.15, -0.1) is 0 Å². The summed E-state index contributed by atoms with van der Waals surface area (Å²) in [6.45, 7) is 9.28. The quantitative estimate of drug-likeness (QED) is 0.231. The summed E-state index contributed by atoms with van der Waals surface area (Å²) >= 11 is 6.88. The van der Waals surface area contributed by atoms with Gasteiger partial charge in [-0.2, -0.15) is 9.97 Å². The van der Waals surface area contributed by atoms with E-state index in [1.165, 1.54) is 18.2 Å². The van der Waals surface area contributed by atoms with E-state index >= 15 is 8.78 Å². The maximum Gasteiger partial charge on any atom is 0.319 e. The summed E-state index contributed by atoms with van der Waals surface area (Å²) in [6, 6.07) is 7.59. The molecule has 4 aromatic rings. The van der Waals surface area contributed by atoms with Crippen molar-refractivity contribution < 1.29 is 23.7 Å². The number of phenols is 1. The number of rotatable bonds is 6. The number of β-amino-alcohol motifs (C(OH)–C–C–N with tert-alkyl or cyclic N) is 1. The Labute approximate surface area is 266 Å². The van der Waals surface area contributed by atoms with Gasteiger partial charge in [0.15, 0.2) is 5.82 Å². The number of phenolic OH excluding ortho intramolecular Hbond substituents is 1. The van der Waals surface area contributed by atoms with Crippen LogP contribution in [0, 0.1) is 17.6 Å². The van der Waals surface area contributed by atoms with Crippen LogP contribution < -0.4 is 9.64 Å². The number of piperidine rings is 1. The number of aliphatic hydroxyl groups is 1. The van der Waals surface area contributed by atoms with Crippen LogP contribution >= 0.6 is 11.6 Å². The topological polar surface area (TPSA) is 82.0 Å². The summed E-state index contributed by atoms with van der Waals surface area (Å²) < 4.78 is 38.4. The smallest absolute Gasteiger partial charge is 0.319 e. The van der Waals surface area contributed by atoms with Crippen LogP contribution in [0.2, 0.25) is 5.02 Å². The zero-order valence-electron chi connectivity index (χ0n) is 26.0. The summed E-state index contributed by atoms with van der Waals surface area (Å²) in [5.74, 6) is -0.189. The molecule has 3 aliphatic heterocycles. The normalized spacial score (nSPS) is 25.4. The largest absolute Gasteiger partial charge is 0.508 e. The Bertz CT molecular complexity index is 1820. The monoisotopic (exact) mass is 636 g/mol. The molecule has 238 valence electrons. The van der Waals surface area contributed by atoms with Crippen molar-refractivity contribution in [2.24, 2.45) is 5.92 Å². The first kappa shape index (κ1) is 30.4. The fourth-order valence-electron chi connectivity index (χ4n) is 8.18. The molecule has 3 aliphatic rings. The maximum absolute atomic E-state index is 17.0. The summed E-state index contributed by atoms with van der Waals surface area (Å²) in [5.41, 5.74) is -0.286. The van der Waals surface area contributed by atoms with Crippen molar-refractivity contribution in [1.82, 2.24) is 14.9 Å². The predicted molar refractivity (Wildman–Crippen MR) is 173 cm³/mol. The molecule has 7 rings (SSSR count). The predicted octanol–water partition coefficient (Wildman–Crippen LogP) is 7.25. The number of aromatic nitrogens is 2. The van der Waals surface area contributed by atoms with Gasteiger partial charge in [-0.05, 0) is 104 Å². The second kappa shape index (κ2) is 11.2. The van der Waals surface area contributed by atoms with Crippen LogP contribution in [-0.4, -0.2) is 69.0 Å². The number of anilines is 1. The Morgan fingerprint density at radius 2 is 1.91 bits per heavy atom. The van der Waals surface area contributed by atoms with E-state index in [1.807, 2.05) is 11.8 Å². The van der Waals surface area contributed by atoms with Crippen molar-refractivity contribution in [2.75, 3.05) is 37.7 Å². The fourth-order valence-corrected chi connectivity index (χ4v) is 8.47. The van der Waals surface area contributed by atoms with E-state index < -0.39 is 17.2 Å². The van der Waals surface area contributed by atoms with Crippen LogP contribution in [0.15, 0.2) is 30.3 Å². The number of aromatic hydroxyl groups is 1. The maximum atomic E-state index is 17.0. The lowest BCUT2D eigenvalue weighted by molar-refractivity contribution is 0.0447. The number of aryl methyl sites for hydroxylation is 1. The van der Waals surface area contributed by atoms with Gasteiger partial charge in [-0.3, -0.25) is 4.90 Å². The average Bonchev–Trinajstić information content (AvgIpc) is 3.51. The summed E-state index contributed by atoms with van der Waals surface area (Å²) in [7, 11) is 0. The lowest BCUT2D eigenvalue weighted by Crippen LogP contribution is -2.46. The first-order valence-corrected chi connectivity index (χ1v) is 16.4. The number of nitrogens with zero attached hydrogens (tertiary/aromatic N) is 4. The first-order valence-electron chi connectivity index (χ1n) is 16.0. The van der Waals surface area contributed by atoms with E-state index in [0.29, 0.717) is 66.0 Å². The standard InChI is InChI=1S/C35H39ClF2N4O3/c1-4-23-27(37)8-7-21-13-22(43)14-24(28(21)23)29-26(36)15-25-31(30(29)38)39-33(40-32(25)41-11-5-9-34(3,44)18-41)45-19-35-10-6-12-42(35)17-20(2)16-35/h7-8,13-15,20,43-44H,4-6,9-12,16-19H2,1-3H3/t20-,34-,35+/m1/s1. The van der Waals surface area contributed by atoms with Gasteiger partial charge in [-0.25, -0.2) is 8.78 Å². The van der Waals surface area contributed by atoms with Gasteiger partial charge in [0, 0.05) is 30.6 Å². The van der Waals surface area contributed by atoms with E-state index in [1.54, 1.807) is 19.1 Å². The number of hydrogen-bond donors (Lipinski definition) is 2. The molecular weight excluding hydrogens is 598 g/mol. The van der Waals surface area contributed by atoms with Gasteiger partial charge in [0.05, 0.1) is 16.2 Å². The minimum atomic E-state index is -0.941. The number of benzene rings is 3. The highest BCUT2D eigenvalue weighted by Crippen LogP contribution is 2.45. The van der Waals surface area contributed by atoms with Gasteiger partial charge in [0.1, 0.15) is 29.5 Å². The van der Waals surface area contributed by atoms with E-state index in [2.05, 4.69) is 16.8 Å². The van der Waals surface area contributed by atoms with Crippen molar-refractivity contribution in [3.8, 4) is 22.9 Å². The van der Waals surface area contributed by atoms with Gasteiger partial charge in [-0.1, -0.05) is 31.5 Å². The minimum absolute atomic E-state index is 0.0196. The number of halogens is 3. The molecule has 0 unspecified atom stereocenters. The van der Waals surface area contributed by atoms with Crippen molar-refractivity contribution in [1.29, 1.82) is 0 Å². The van der Waals surface area contributed by atoms with Crippen molar-refractivity contribution in [3.63, 3.8) is 0 Å². The molecular formula is C35H39ClF2N4O3. The summed E-state index contributed by atoms with van der Waals surface area (Å²) in [5, 5.41) is 23.1. The molecule has 3 fully saturated rings. The van der Waals surface area contributed by atoms with Gasteiger partial charge < -0.3 is 19.8 Å². The average molecular weight is 637 g/mol. The second-order valence-corrected chi connectivity index (χ2v) is 14.0. The van der Waals surface area contributed by atoms with Gasteiger partial charge in [0.25, 0.3) is 0 Å². The highest BCUT2D eigenvalue weighted by atomic mass is 35.5. The molecule has 3 aromatic carbocycles. The van der Waals surface area contributed by atoms with E-state index in [9.17, 15) is 10.2 Å². The summed E-state index contributed by atoms with van der Waals surface area (Å²) in [6.07, 6.45) is 4.91. The zero-order valence-corrected chi connectivity index (χ0v) is 26.7. The molecule has 7 nitrogen and oxygen atoms in total. The molecule has 0 amide bonds. The number of hydrogen-bond acceptors (Lipinski definition) is 7. The van der Waals surface area contributed by atoms with Crippen LogP contribution in [0.5, 0.6) is 11.8 Å². The van der Waals surface area contributed by atoms with E-state index in [0.717, 1.165) is 38.8 Å². The number of fused-ring (bicyclic) bond motifs is 3. The molecule has 0 saturated carbocycles. The molecule has 0 radical (unpaired) electrons. The van der Waals surface area contributed by atoms with Crippen molar-refractivity contribution >= 4 is 39.1 Å². The molecule has 1 aromatic heterocycles. The molecule has 0 spiro atoms. The Balaban J connectivity index is 1.41. The Kier molecular flexibility index (Phi) is 7.57. The molecule has 10 heteroatoms. The molecule has 0 bridgehead atoms. The Morgan fingerprint density at radius 3 is 2.69 bits per heavy atom. The Hall–Kier alpha value is -3.27. The highest BCUT2D eigenvalue weighted by Gasteiger charge is 2.48. The Morgan fingerprint density at radius 1 is 1.11 bits per heavy atom. The minimum Gasteiger partial charge on any atom is -0.508 e. The SMILES string of the molecule is CCc1c(F)ccc2cc(O)cc(-c3c(Cl)cc4c(N5CCC[C@@](C)(O)C5)nc(OC[C@@]56CCCN5C[C@H](C)C6)nc4c3F)c12. The van der Waals surface area contributed by atoms with Crippen molar-refractivity contribution in [2.45, 2.75) is 70.4 Å². The van der Waals surface area contributed by atoms with Crippen LogP contribution in [-0.2, 0) is 6.42 Å². The van der Waals surface area contributed by atoms with Crippen molar-refractivity contribution in [3.05, 3.63) is 52.6 Å². The lowest BCUT2D eigenvalue weighted by atomic mass is 9.91. The molecule has 45 heavy (non-hydrogen) atoms. The van der Waals surface area contributed by atoms with Crippen LogP contribution in [0.4, 0.5) is 14.6 Å². The van der Waals surface area contributed by atoms with E-state index in [4.69, 9.17) is 21.3 Å². The van der Waals surface area contributed by atoms with Crippen LogP contribution in [0.3, 0.4) is 0 Å². The van der Waals surface area contributed by atoms with E-state index in [-0.39, 0.29) is 39.0 Å². The molecule has 2 N–H and O–H groups in total. The van der Waals surface area contributed by atoms with Gasteiger partial charge in [0.2, 0.25) is 0 Å². The summed E-state index contributed by atoms with van der Waals surface area (Å²) in [4.78, 5) is 13.9. The molecule has 3 atom stereocenters. The fraction of sp³-hybridized carbons (Fsp3) is 0.486. The first-order chi connectivity index (χ1) is 21.5. The third kappa shape index (κ3) is 5.26. The third-order valence-electron chi connectivity index (χ3n) is 10.1. The van der Waals surface area contributed by atoms with Gasteiger partial charge >= 0.3 is 6.01 Å². The molecule has 4 heterocycles. The van der Waals surface area contributed by atoms with Crippen LogP contribution in [0.1, 0.15) is 58.4 Å². The number of ether oxygens (including phenoxy) is 1. The zero-order chi connectivity index (χ0) is 31.7. The van der Waals surface area contributed by atoms with Crippen LogP contribution in [0.25, 0.3) is 32.8 Å². The lowest BCUT2D eigenvalue weighted by Gasteiger charge is -2.38. The highest BCUT2D eigenvalue weighted by molar-refractivity contribution is 6.35. The molecule has 0 aliphatic carbocycles. The third-order valence-corrected chi connectivity index (χ3v) is 10.4. The second-order valence-electron chi connectivity index (χ2n) is 13.6. The molecule has 3 saturated heterocycles.